The molecular formula is C13H11ClN2O2. The molecule has 0 bridgehead atoms. The van der Waals surface area contributed by atoms with Crippen LogP contribution in [0.25, 0.3) is 0 Å². The highest BCUT2D eigenvalue weighted by Crippen LogP contribution is 2.15. The van der Waals surface area contributed by atoms with Gasteiger partial charge in [-0.25, -0.2) is 4.98 Å². The Morgan fingerprint density at radius 1 is 1.33 bits per heavy atom. The van der Waals surface area contributed by atoms with Gasteiger partial charge in [0, 0.05) is 11.8 Å². The molecule has 0 saturated carbocycles. The van der Waals surface area contributed by atoms with E-state index in [9.17, 15) is 4.79 Å². The third-order valence-corrected chi connectivity index (χ3v) is 2.52. The van der Waals surface area contributed by atoms with E-state index in [1.54, 1.807) is 43.5 Å². The molecule has 18 heavy (non-hydrogen) atoms. The Kier molecular flexibility index (Phi) is 3.79. The van der Waals surface area contributed by atoms with E-state index in [2.05, 4.69) is 10.3 Å². The van der Waals surface area contributed by atoms with Gasteiger partial charge in [-0.2, -0.15) is 0 Å². The Morgan fingerprint density at radius 2 is 2.17 bits per heavy atom. The van der Waals surface area contributed by atoms with Crippen LogP contribution in [0.5, 0.6) is 5.75 Å². The molecule has 0 aliphatic rings. The number of aromatic nitrogens is 1. The van der Waals surface area contributed by atoms with Gasteiger partial charge in [0.25, 0.3) is 5.91 Å². The summed E-state index contributed by atoms with van der Waals surface area (Å²) in [5.74, 6) is 0.836. The number of rotatable bonds is 3. The van der Waals surface area contributed by atoms with Gasteiger partial charge in [0.1, 0.15) is 11.6 Å². The molecule has 5 heteroatoms. The highest BCUT2D eigenvalue weighted by Gasteiger charge is 2.07. The quantitative estimate of drug-likeness (QED) is 0.925. The molecule has 1 aromatic heterocycles. The van der Waals surface area contributed by atoms with Crippen molar-refractivity contribution in [3.05, 3.63) is 53.2 Å². The first kappa shape index (κ1) is 12.4. The summed E-state index contributed by atoms with van der Waals surface area (Å²) in [7, 11) is 1.55. The van der Waals surface area contributed by atoms with Crippen molar-refractivity contribution in [3.63, 3.8) is 0 Å². The fourth-order valence-corrected chi connectivity index (χ4v) is 1.51. The average Bonchev–Trinajstić information content (AvgIpc) is 2.41. The number of pyridine rings is 1. The lowest BCUT2D eigenvalue weighted by Gasteiger charge is -2.05. The predicted molar refractivity (Wildman–Crippen MR) is 70.2 cm³/mol. The molecule has 0 fully saturated rings. The van der Waals surface area contributed by atoms with E-state index in [4.69, 9.17) is 16.3 Å². The Bertz CT molecular complexity index is 555. The van der Waals surface area contributed by atoms with Crippen molar-refractivity contribution >= 4 is 23.3 Å². The molecule has 0 spiro atoms. The van der Waals surface area contributed by atoms with Crippen LogP contribution in [-0.2, 0) is 0 Å². The first-order chi connectivity index (χ1) is 8.69. The fourth-order valence-electron chi connectivity index (χ4n) is 1.40. The van der Waals surface area contributed by atoms with Crippen LogP contribution in [0.1, 0.15) is 10.4 Å². The van der Waals surface area contributed by atoms with Crippen molar-refractivity contribution in [2.75, 3.05) is 12.4 Å². The topological polar surface area (TPSA) is 51.2 Å². The van der Waals surface area contributed by atoms with Gasteiger partial charge in [-0.1, -0.05) is 17.7 Å². The van der Waals surface area contributed by atoms with E-state index in [0.717, 1.165) is 0 Å². The van der Waals surface area contributed by atoms with Crippen LogP contribution >= 0.6 is 11.6 Å². The number of carbonyl (C=O) groups excluding carboxylic acids is 1. The fraction of sp³-hybridized carbons (Fsp3) is 0.0769. The highest BCUT2D eigenvalue weighted by atomic mass is 35.5. The number of hydrogen-bond donors (Lipinski definition) is 1. The van der Waals surface area contributed by atoms with Gasteiger partial charge in [0.05, 0.1) is 12.1 Å². The lowest BCUT2D eigenvalue weighted by atomic mass is 10.2. The molecule has 2 aromatic rings. The monoisotopic (exact) mass is 262 g/mol. The Morgan fingerprint density at radius 3 is 2.83 bits per heavy atom. The minimum absolute atomic E-state index is 0.247. The normalized spacial score (nSPS) is 9.89. The number of methoxy groups -OCH3 is 1. The summed E-state index contributed by atoms with van der Waals surface area (Å²) in [5.41, 5.74) is 0.506. The number of carbonyl (C=O) groups is 1. The number of amides is 1. The summed E-state index contributed by atoms with van der Waals surface area (Å²) < 4.78 is 5.06. The minimum Gasteiger partial charge on any atom is -0.497 e. The Balaban J connectivity index is 2.14. The zero-order chi connectivity index (χ0) is 13.0. The molecule has 0 saturated heterocycles. The molecule has 1 aromatic carbocycles. The van der Waals surface area contributed by atoms with Gasteiger partial charge in [-0.05, 0) is 30.3 Å². The van der Waals surface area contributed by atoms with Crippen molar-refractivity contribution in [3.8, 4) is 5.75 Å². The van der Waals surface area contributed by atoms with Crippen molar-refractivity contribution in [2.45, 2.75) is 0 Å². The number of nitrogens with zero attached hydrogens (tertiary/aromatic N) is 1. The third kappa shape index (κ3) is 2.99. The number of nitrogens with one attached hydrogen (secondary N) is 1. The molecule has 0 aliphatic carbocycles. The number of halogens is 1. The maximum atomic E-state index is 11.9. The first-order valence-electron chi connectivity index (χ1n) is 5.26. The van der Waals surface area contributed by atoms with Crippen LogP contribution < -0.4 is 10.1 Å². The van der Waals surface area contributed by atoms with Crippen LogP contribution in [0.4, 0.5) is 5.82 Å². The van der Waals surface area contributed by atoms with E-state index in [0.29, 0.717) is 22.2 Å². The zero-order valence-electron chi connectivity index (χ0n) is 9.68. The van der Waals surface area contributed by atoms with Crippen LogP contribution in [0.15, 0.2) is 42.6 Å². The predicted octanol–water partition coefficient (Wildman–Crippen LogP) is 3.00. The summed E-state index contributed by atoms with van der Waals surface area (Å²) in [6, 6.07) is 10.2. The van der Waals surface area contributed by atoms with Crippen molar-refractivity contribution in [2.24, 2.45) is 0 Å². The molecule has 0 atom stereocenters. The summed E-state index contributed by atoms with van der Waals surface area (Å²) in [4.78, 5) is 15.9. The lowest BCUT2D eigenvalue weighted by molar-refractivity contribution is 0.102. The maximum absolute atomic E-state index is 11.9. The second-order valence-electron chi connectivity index (χ2n) is 3.55. The van der Waals surface area contributed by atoms with E-state index in [1.165, 1.54) is 6.20 Å². The van der Waals surface area contributed by atoms with Gasteiger partial charge in [0.15, 0.2) is 0 Å². The molecular weight excluding hydrogens is 252 g/mol. The smallest absolute Gasteiger partial charge is 0.256 e. The van der Waals surface area contributed by atoms with Crippen LogP contribution in [-0.4, -0.2) is 18.0 Å². The number of ether oxygens (including phenoxy) is 1. The highest BCUT2D eigenvalue weighted by molar-refractivity contribution is 6.30. The van der Waals surface area contributed by atoms with Crippen molar-refractivity contribution in [1.29, 1.82) is 0 Å². The number of hydrogen-bond acceptors (Lipinski definition) is 3. The van der Waals surface area contributed by atoms with Crippen molar-refractivity contribution < 1.29 is 9.53 Å². The summed E-state index contributed by atoms with van der Waals surface area (Å²) in [6.45, 7) is 0. The van der Waals surface area contributed by atoms with E-state index in [-0.39, 0.29) is 5.91 Å². The summed E-state index contributed by atoms with van der Waals surface area (Å²) in [5, 5.41) is 3.20. The molecule has 4 nitrogen and oxygen atoms in total. The standard InChI is InChI=1S/C13H11ClN2O2/c1-18-11-4-2-3-9(7-11)13(17)16-12-6-5-10(14)8-15-12/h2-8H,1H3,(H,15,16,17). The molecule has 1 amide bonds. The van der Waals surface area contributed by atoms with Gasteiger partial charge in [0.2, 0.25) is 0 Å². The minimum atomic E-state index is -0.247. The van der Waals surface area contributed by atoms with E-state index in [1.807, 2.05) is 0 Å². The largest absolute Gasteiger partial charge is 0.497 e. The van der Waals surface area contributed by atoms with Crippen LogP contribution in [0.3, 0.4) is 0 Å². The van der Waals surface area contributed by atoms with E-state index >= 15 is 0 Å². The SMILES string of the molecule is COc1cccc(C(=O)Nc2ccc(Cl)cn2)c1. The second kappa shape index (κ2) is 5.51. The third-order valence-electron chi connectivity index (χ3n) is 2.30. The molecule has 0 radical (unpaired) electrons. The zero-order valence-corrected chi connectivity index (χ0v) is 10.4. The lowest BCUT2D eigenvalue weighted by Crippen LogP contribution is -2.12. The number of anilines is 1. The van der Waals surface area contributed by atoms with Gasteiger partial charge < -0.3 is 10.1 Å². The molecule has 2 rings (SSSR count). The van der Waals surface area contributed by atoms with E-state index < -0.39 is 0 Å². The molecule has 0 aliphatic heterocycles. The summed E-state index contributed by atoms with van der Waals surface area (Å²) >= 11 is 5.71. The summed E-state index contributed by atoms with van der Waals surface area (Å²) in [6.07, 6.45) is 1.47. The molecule has 1 N–H and O–H groups in total. The average molecular weight is 263 g/mol. The number of benzene rings is 1. The molecule has 92 valence electrons. The van der Waals surface area contributed by atoms with Crippen LogP contribution in [0, 0.1) is 0 Å². The Labute approximate surface area is 110 Å². The first-order valence-corrected chi connectivity index (χ1v) is 5.64. The maximum Gasteiger partial charge on any atom is 0.256 e. The van der Waals surface area contributed by atoms with Crippen molar-refractivity contribution in [1.82, 2.24) is 4.98 Å². The molecule has 1 heterocycles. The van der Waals surface area contributed by atoms with Gasteiger partial charge in [-0.15, -0.1) is 0 Å². The Hall–Kier alpha value is -2.07. The molecule has 0 unspecified atom stereocenters. The van der Waals surface area contributed by atoms with Gasteiger partial charge in [-0.3, -0.25) is 4.79 Å². The second-order valence-corrected chi connectivity index (χ2v) is 3.98. The van der Waals surface area contributed by atoms with Crippen LogP contribution in [0.2, 0.25) is 5.02 Å². The van der Waals surface area contributed by atoms with Gasteiger partial charge >= 0.3 is 0 Å².